The van der Waals surface area contributed by atoms with E-state index < -0.39 is 0 Å². The Balaban J connectivity index is 2.47. The summed E-state index contributed by atoms with van der Waals surface area (Å²) in [7, 11) is 0. The van der Waals surface area contributed by atoms with Gasteiger partial charge in [-0.25, -0.2) is 0 Å². The lowest BCUT2D eigenvalue weighted by atomic mass is 9.86. The molecule has 0 radical (unpaired) electrons. The summed E-state index contributed by atoms with van der Waals surface area (Å²) < 4.78 is 5.22. The van der Waals surface area contributed by atoms with Crippen molar-refractivity contribution in [2.75, 3.05) is 0 Å². The number of hydrogen-bond acceptors (Lipinski definition) is 2. The van der Waals surface area contributed by atoms with E-state index in [0.717, 1.165) is 11.3 Å². The number of esters is 1. The standard InChI is InChI=1S/C13H16O2/c1-8-10-6-5-9(13(2,3)4)7-11(10)15-12(8)14/h5-8H,1-4H3. The molecule has 2 heteroatoms. The molecule has 0 amide bonds. The predicted molar refractivity (Wildman–Crippen MR) is 59.2 cm³/mol. The molecule has 0 spiro atoms. The maximum Gasteiger partial charge on any atom is 0.318 e. The topological polar surface area (TPSA) is 26.3 Å². The Hall–Kier alpha value is -1.31. The molecule has 0 fully saturated rings. The Morgan fingerprint density at radius 1 is 1.27 bits per heavy atom. The van der Waals surface area contributed by atoms with E-state index in [9.17, 15) is 4.79 Å². The number of hydrogen-bond donors (Lipinski definition) is 0. The lowest BCUT2D eigenvalue weighted by Gasteiger charge is -2.19. The Morgan fingerprint density at radius 3 is 2.53 bits per heavy atom. The molecule has 15 heavy (non-hydrogen) atoms. The zero-order valence-corrected chi connectivity index (χ0v) is 9.63. The van der Waals surface area contributed by atoms with Crippen LogP contribution in [-0.4, -0.2) is 5.97 Å². The first-order valence-corrected chi connectivity index (χ1v) is 5.26. The highest BCUT2D eigenvalue weighted by Crippen LogP contribution is 2.37. The molecule has 0 bridgehead atoms. The molecule has 0 aliphatic carbocycles. The van der Waals surface area contributed by atoms with Crippen LogP contribution in [0.1, 0.15) is 44.7 Å². The van der Waals surface area contributed by atoms with E-state index in [-0.39, 0.29) is 17.3 Å². The number of fused-ring (bicyclic) bond motifs is 1. The van der Waals surface area contributed by atoms with Gasteiger partial charge in [0.2, 0.25) is 0 Å². The summed E-state index contributed by atoms with van der Waals surface area (Å²) in [6.45, 7) is 8.32. The van der Waals surface area contributed by atoms with Gasteiger partial charge in [-0.3, -0.25) is 4.79 Å². The maximum absolute atomic E-state index is 11.4. The normalized spacial score (nSPS) is 20.0. The van der Waals surface area contributed by atoms with Crippen LogP contribution in [0, 0.1) is 0 Å². The molecule has 1 aliphatic heterocycles. The van der Waals surface area contributed by atoms with Crippen LogP contribution in [0.4, 0.5) is 0 Å². The molecular weight excluding hydrogens is 188 g/mol. The minimum absolute atomic E-state index is 0.0905. The molecule has 1 aromatic carbocycles. The molecule has 0 saturated carbocycles. The highest BCUT2D eigenvalue weighted by atomic mass is 16.5. The van der Waals surface area contributed by atoms with Crippen molar-refractivity contribution < 1.29 is 9.53 Å². The van der Waals surface area contributed by atoms with Gasteiger partial charge in [0.25, 0.3) is 0 Å². The average Bonchev–Trinajstić information content (AvgIpc) is 2.41. The Bertz CT molecular complexity index is 413. The Morgan fingerprint density at radius 2 is 1.93 bits per heavy atom. The maximum atomic E-state index is 11.4. The summed E-state index contributed by atoms with van der Waals surface area (Å²) in [6.07, 6.45) is 0. The van der Waals surface area contributed by atoms with E-state index in [4.69, 9.17) is 4.74 Å². The third kappa shape index (κ3) is 1.65. The smallest absolute Gasteiger partial charge is 0.318 e. The third-order valence-corrected chi connectivity index (χ3v) is 2.91. The van der Waals surface area contributed by atoms with Gasteiger partial charge >= 0.3 is 5.97 Å². The van der Waals surface area contributed by atoms with Crippen LogP contribution in [0.5, 0.6) is 5.75 Å². The molecule has 1 aliphatic rings. The van der Waals surface area contributed by atoms with Gasteiger partial charge < -0.3 is 4.74 Å². The van der Waals surface area contributed by atoms with Crippen LogP contribution < -0.4 is 4.74 Å². The van der Waals surface area contributed by atoms with Crippen molar-refractivity contribution in [1.82, 2.24) is 0 Å². The van der Waals surface area contributed by atoms with E-state index >= 15 is 0 Å². The van der Waals surface area contributed by atoms with Crippen molar-refractivity contribution in [2.45, 2.75) is 39.0 Å². The van der Waals surface area contributed by atoms with Crippen molar-refractivity contribution in [3.05, 3.63) is 29.3 Å². The molecule has 1 atom stereocenters. The zero-order valence-electron chi connectivity index (χ0n) is 9.63. The highest BCUT2D eigenvalue weighted by Gasteiger charge is 2.30. The summed E-state index contributed by atoms with van der Waals surface area (Å²) in [6, 6.07) is 6.07. The first-order valence-electron chi connectivity index (χ1n) is 5.26. The largest absolute Gasteiger partial charge is 0.426 e. The summed E-state index contributed by atoms with van der Waals surface area (Å²) in [5, 5.41) is 0. The van der Waals surface area contributed by atoms with E-state index in [1.54, 1.807) is 0 Å². The quantitative estimate of drug-likeness (QED) is 0.479. The summed E-state index contributed by atoms with van der Waals surface area (Å²) >= 11 is 0. The summed E-state index contributed by atoms with van der Waals surface area (Å²) in [5.41, 5.74) is 2.30. The number of carbonyl (C=O) groups excluding carboxylic acids is 1. The van der Waals surface area contributed by atoms with Crippen molar-refractivity contribution >= 4 is 5.97 Å². The second kappa shape index (κ2) is 3.09. The molecule has 0 N–H and O–H groups in total. The SMILES string of the molecule is CC1C(=O)Oc2cc(C(C)(C)C)ccc21. The van der Waals surface area contributed by atoms with Crippen molar-refractivity contribution in [3.8, 4) is 5.75 Å². The van der Waals surface area contributed by atoms with Gasteiger partial charge in [0, 0.05) is 5.56 Å². The molecule has 2 nitrogen and oxygen atoms in total. The van der Waals surface area contributed by atoms with Gasteiger partial charge in [0.05, 0.1) is 5.92 Å². The van der Waals surface area contributed by atoms with Crippen LogP contribution >= 0.6 is 0 Å². The fourth-order valence-electron chi connectivity index (χ4n) is 1.77. The van der Waals surface area contributed by atoms with Crippen molar-refractivity contribution in [2.24, 2.45) is 0 Å². The van der Waals surface area contributed by atoms with Gasteiger partial charge in [-0.2, -0.15) is 0 Å². The Labute approximate surface area is 90.3 Å². The first-order chi connectivity index (χ1) is 6.89. The molecule has 0 aromatic heterocycles. The highest BCUT2D eigenvalue weighted by molar-refractivity contribution is 5.85. The van der Waals surface area contributed by atoms with Crippen LogP contribution in [0.15, 0.2) is 18.2 Å². The number of carbonyl (C=O) groups is 1. The van der Waals surface area contributed by atoms with Crippen molar-refractivity contribution in [3.63, 3.8) is 0 Å². The second-order valence-electron chi connectivity index (χ2n) is 5.15. The first kappa shape index (κ1) is 10.2. The van der Waals surface area contributed by atoms with Gasteiger partial charge in [0.1, 0.15) is 5.75 Å². The van der Waals surface area contributed by atoms with Crippen LogP contribution in [0.2, 0.25) is 0 Å². The number of ether oxygens (including phenoxy) is 1. The predicted octanol–water partition coefficient (Wildman–Crippen LogP) is 3.01. The van der Waals surface area contributed by atoms with Crippen LogP contribution in [0.25, 0.3) is 0 Å². The van der Waals surface area contributed by atoms with Gasteiger partial charge in [-0.1, -0.05) is 32.9 Å². The third-order valence-electron chi connectivity index (χ3n) is 2.91. The fraction of sp³-hybridized carbons (Fsp3) is 0.462. The summed E-state index contributed by atoms with van der Waals surface area (Å²) in [5.74, 6) is 0.477. The second-order valence-corrected chi connectivity index (χ2v) is 5.15. The van der Waals surface area contributed by atoms with E-state index in [0.29, 0.717) is 0 Å². The molecule has 80 valence electrons. The molecule has 0 saturated heterocycles. The van der Waals surface area contributed by atoms with Crippen LogP contribution in [-0.2, 0) is 10.2 Å². The van der Waals surface area contributed by atoms with Crippen LogP contribution in [0.3, 0.4) is 0 Å². The van der Waals surface area contributed by atoms with E-state index in [2.05, 4.69) is 26.8 Å². The molecular formula is C13H16O2. The van der Waals surface area contributed by atoms with Gasteiger partial charge in [0.15, 0.2) is 0 Å². The number of rotatable bonds is 0. The zero-order chi connectivity index (χ0) is 11.2. The fourth-order valence-corrected chi connectivity index (χ4v) is 1.77. The Kier molecular flexibility index (Phi) is 2.10. The minimum atomic E-state index is -0.143. The molecule has 1 aromatic rings. The van der Waals surface area contributed by atoms with Crippen molar-refractivity contribution in [1.29, 1.82) is 0 Å². The van der Waals surface area contributed by atoms with Gasteiger partial charge in [-0.15, -0.1) is 0 Å². The minimum Gasteiger partial charge on any atom is -0.426 e. The molecule has 1 heterocycles. The summed E-state index contributed by atoms with van der Waals surface area (Å²) in [4.78, 5) is 11.4. The van der Waals surface area contributed by atoms with E-state index in [1.165, 1.54) is 5.56 Å². The molecule has 1 unspecified atom stereocenters. The van der Waals surface area contributed by atoms with Gasteiger partial charge in [-0.05, 0) is 24.0 Å². The molecule has 2 rings (SSSR count). The van der Waals surface area contributed by atoms with E-state index in [1.807, 2.05) is 19.1 Å². The monoisotopic (exact) mass is 204 g/mol. The number of benzene rings is 1. The lowest BCUT2D eigenvalue weighted by Crippen LogP contribution is -2.10. The average molecular weight is 204 g/mol. The lowest BCUT2D eigenvalue weighted by molar-refractivity contribution is -0.133.